The average Bonchev–Trinajstić information content (AvgIpc) is 3.41. The molecule has 216 valence electrons. The summed E-state index contributed by atoms with van der Waals surface area (Å²) in [6.45, 7) is 5.82. The number of aromatic nitrogens is 2. The number of ketones is 1. The van der Waals surface area contributed by atoms with Crippen molar-refractivity contribution in [3.8, 4) is 11.8 Å². The van der Waals surface area contributed by atoms with Crippen LogP contribution in [0.25, 0.3) is 0 Å². The Balaban J connectivity index is 1.47. The number of nitriles is 1. The molecule has 2 aliphatic rings. The van der Waals surface area contributed by atoms with E-state index in [1.807, 2.05) is 32.0 Å². The van der Waals surface area contributed by atoms with Gasteiger partial charge < -0.3 is 15.8 Å². The zero-order chi connectivity index (χ0) is 30.2. The molecule has 42 heavy (non-hydrogen) atoms. The van der Waals surface area contributed by atoms with Crippen molar-refractivity contribution in [2.24, 2.45) is 11.1 Å². The number of amides is 1. The number of methoxy groups -OCH3 is 1. The van der Waals surface area contributed by atoms with Crippen LogP contribution in [0.1, 0.15) is 43.7 Å². The van der Waals surface area contributed by atoms with E-state index in [9.17, 15) is 19.2 Å². The third-order valence-electron chi connectivity index (χ3n) is 7.20. The van der Waals surface area contributed by atoms with E-state index in [0.717, 1.165) is 11.1 Å². The van der Waals surface area contributed by atoms with Crippen molar-refractivity contribution < 1.29 is 18.7 Å². The highest BCUT2D eigenvalue weighted by Gasteiger charge is 2.45. The van der Waals surface area contributed by atoms with E-state index in [1.54, 1.807) is 31.1 Å². The molecule has 1 aliphatic carbocycles. The molecule has 0 bridgehead atoms. The number of benzene rings is 2. The summed E-state index contributed by atoms with van der Waals surface area (Å²) in [7, 11) is 1.56. The molecule has 1 atom stereocenters. The maximum Gasteiger partial charge on any atom is 0.234 e. The highest BCUT2D eigenvalue weighted by Crippen LogP contribution is 2.51. The van der Waals surface area contributed by atoms with E-state index < -0.39 is 11.7 Å². The fourth-order valence-electron chi connectivity index (χ4n) is 5.28. The zero-order valence-corrected chi connectivity index (χ0v) is 25.2. The Morgan fingerprint density at radius 1 is 1.29 bits per heavy atom. The van der Waals surface area contributed by atoms with Gasteiger partial charge in [-0.05, 0) is 54.2 Å². The number of halogens is 1. The molecular formula is C30H29FN6O3S2. The molecule has 3 aromatic rings. The molecule has 5 rings (SSSR count). The highest BCUT2D eigenvalue weighted by molar-refractivity contribution is 8.01. The summed E-state index contributed by atoms with van der Waals surface area (Å²) in [4.78, 5) is 28.0. The van der Waals surface area contributed by atoms with Gasteiger partial charge in [0, 0.05) is 23.4 Å². The van der Waals surface area contributed by atoms with E-state index in [2.05, 4.69) is 21.6 Å². The number of hydrogen-bond donors (Lipinski definition) is 2. The summed E-state index contributed by atoms with van der Waals surface area (Å²) in [5, 5.41) is 22.0. The Kier molecular flexibility index (Phi) is 8.08. The lowest BCUT2D eigenvalue weighted by molar-refractivity contribution is -0.118. The molecule has 2 heterocycles. The van der Waals surface area contributed by atoms with Gasteiger partial charge in [0.15, 0.2) is 10.1 Å². The van der Waals surface area contributed by atoms with Crippen LogP contribution in [0.15, 0.2) is 69.5 Å². The van der Waals surface area contributed by atoms with Gasteiger partial charge in [-0.15, -0.1) is 10.2 Å². The molecule has 2 aromatic carbocycles. The minimum absolute atomic E-state index is 0.0245. The number of rotatable bonds is 7. The summed E-state index contributed by atoms with van der Waals surface area (Å²) in [6, 6.07) is 13.8. The summed E-state index contributed by atoms with van der Waals surface area (Å²) >= 11 is 2.38. The predicted octanol–water partition coefficient (Wildman–Crippen LogP) is 5.67. The third kappa shape index (κ3) is 5.75. The summed E-state index contributed by atoms with van der Waals surface area (Å²) < 4.78 is 19.5. The largest absolute Gasteiger partial charge is 0.497 e. The molecule has 0 radical (unpaired) electrons. The number of aryl methyl sites for hydroxylation is 1. The Morgan fingerprint density at radius 3 is 2.81 bits per heavy atom. The molecule has 0 fully saturated rings. The number of hydrogen-bond acceptors (Lipinski definition) is 10. The van der Waals surface area contributed by atoms with Gasteiger partial charge in [-0.25, -0.2) is 4.39 Å². The Hall–Kier alpha value is -4.21. The third-order valence-corrected chi connectivity index (χ3v) is 9.24. The number of allylic oxidation sites excluding steroid dienone is 3. The normalized spacial score (nSPS) is 18.0. The number of nitrogens with one attached hydrogen (secondary N) is 1. The number of nitrogens with zero attached hydrogens (tertiary/aromatic N) is 4. The van der Waals surface area contributed by atoms with E-state index in [1.165, 1.54) is 35.2 Å². The van der Waals surface area contributed by atoms with Crippen LogP contribution in [0.4, 0.5) is 15.2 Å². The van der Waals surface area contributed by atoms with Gasteiger partial charge in [-0.2, -0.15) is 5.26 Å². The van der Waals surface area contributed by atoms with Crippen LogP contribution in [0.3, 0.4) is 0 Å². The van der Waals surface area contributed by atoms with Gasteiger partial charge in [0.1, 0.15) is 17.4 Å². The second-order valence-corrected chi connectivity index (χ2v) is 13.1. The number of thioether (sulfide) groups is 1. The van der Waals surface area contributed by atoms with Crippen LogP contribution < -0.4 is 20.7 Å². The second-order valence-electron chi connectivity index (χ2n) is 10.9. The van der Waals surface area contributed by atoms with Gasteiger partial charge in [-0.1, -0.05) is 55.1 Å². The number of ether oxygens (including phenoxy) is 1. The van der Waals surface area contributed by atoms with Crippen molar-refractivity contribution in [3.05, 3.63) is 82.1 Å². The molecule has 0 spiro atoms. The van der Waals surface area contributed by atoms with E-state index >= 15 is 0 Å². The lowest BCUT2D eigenvalue weighted by atomic mass is 9.68. The van der Waals surface area contributed by atoms with E-state index in [-0.39, 0.29) is 34.3 Å². The average molecular weight is 605 g/mol. The number of Topliss-reactive ketones (excluding diaryl/α,β-unsaturated/α-hetero) is 1. The highest BCUT2D eigenvalue weighted by atomic mass is 32.2. The van der Waals surface area contributed by atoms with Gasteiger partial charge >= 0.3 is 0 Å². The SMILES string of the molecule is COc1cccc(C2C(C#N)=C(N)N(c3nnc(SCC(=O)Nc4cc(F)ccc4C)s3)C3=C2C(=O)CC(C)(C)C3)c1. The molecule has 3 N–H and O–H groups in total. The maximum absolute atomic E-state index is 13.7. The van der Waals surface area contributed by atoms with E-state index in [4.69, 9.17) is 10.5 Å². The van der Waals surface area contributed by atoms with Crippen molar-refractivity contribution in [3.63, 3.8) is 0 Å². The zero-order valence-electron chi connectivity index (χ0n) is 23.5. The molecule has 1 amide bonds. The molecule has 1 aliphatic heterocycles. The number of carbonyl (C=O) groups excluding carboxylic acids is 2. The van der Waals surface area contributed by atoms with E-state index in [0.29, 0.717) is 45.0 Å². The fraction of sp³-hybridized carbons (Fsp3) is 0.300. The van der Waals surface area contributed by atoms with Crippen LogP contribution in [0.5, 0.6) is 5.75 Å². The van der Waals surface area contributed by atoms with Crippen molar-refractivity contribution in [2.45, 2.75) is 43.9 Å². The standard InChI is InChI=1S/C30H29FN6O3S2/c1-16-8-9-18(31)11-21(16)34-24(39)15-41-29-36-35-28(42-29)37-22-12-30(2,3)13-23(38)26(22)25(20(14-32)27(37)33)17-6-5-7-19(10-17)40-4/h5-11,25H,12-13,15,33H2,1-4H3,(H,34,39). The number of nitrogens with two attached hydrogens (primary N) is 1. The Morgan fingerprint density at radius 2 is 2.07 bits per heavy atom. The Bertz CT molecular complexity index is 1690. The molecule has 12 heteroatoms. The first-order chi connectivity index (χ1) is 20.0. The second kappa shape index (κ2) is 11.6. The number of carbonyl (C=O) groups is 2. The quantitative estimate of drug-likeness (QED) is 0.327. The van der Waals surface area contributed by atoms with Gasteiger partial charge in [0.05, 0.1) is 30.4 Å². The Labute approximate surface area is 251 Å². The minimum atomic E-state index is -0.642. The van der Waals surface area contributed by atoms with Crippen LogP contribution >= 0.6 is 23.1 Å². The first-order valence-electron chi connectivity index (χ1n) is 13.1. The van der Waals surface area contributed by atoms with Crippen molar-refractivity contribution in [1.29, 1.82) is 5.26 Å². The number of anilines is 2. The van der Waals surface area contributed by atoms with Gasteiger partial charge in [0.2, 0.25) is 11.0 Å². The lowest BCUT2D eigenvalue weighted by Gasteiger charge is -2.42. The molecule has 0 saturated heterocycles. The van der Waals surface area contributed by atoms with Crippen molar-refractivity contribution in [1.82, 2.24) is 10.2 Å². The molecule has 1 unspecified atom stereocenters. The first-order valence-corrected chi connectivity index (χ1v) is 14.9. The summed E-state index contributed by atoms with van der Waals surface area (Å²) in [5.74, 6) is -0.635. The van der Waals surface area contributed by atoms with Crippen LogP contribution in [-0.4, -0.2) is 34.8 Å². The molecule has 9 nitrogen and oxygen atoms in total. The minimum Gasteiger partial charge on any atom is -0.497 e. The van der Waals surface area contributed by atoms with Gasteiger partial charge in [0.25, 0.3) is 0 Å². The molecule has 1 aromatic heterocycles. The predicted molar refractivity (Wildman–Crippen MR) is 160 cm³/mol. The van der Waals surface area contributed by atoms with Crippen LogP contribution in [-0.2, 0) is 9.59 Å². The summed E-state index contributed by atoms with van der Waals surface area (Å²) in [5.41, 5.74) is 9.69. The van der Waals surface area contributed by atoms with Crippen LogP contribution in [0.2, 0.25) is 0 Å². The van der Waals surface area contributed by atoms with Gasteiger partial charge in [-0.3, -0.25) is 14.5 Å². The first kappa shape index (κ1) is 29.3. The molecule has 0 saturated carbocycles. The smallest absolute Gasteiger partial charge is 0.234 e. The summed E-state index contributed by atoms with van der Waals surface area (Å²) in [6.07, 6.45) is 0.862. The monoisotopic (exact) mass is 604 g/mol. The fourth-order valence-corrected chi connectivity index (χ4v) is 6.96. The van der Waals surface area contributed by atoms with Crippen LogP contribution in [0, 0.1) is 29.5 Å². The molecular weight excluding hydrogens is 576 g/mol. The van der Waals surface area contributed by atoms with Crippen molar-refractivity contribution in [2.75, 3.05) is 23.1 Å². The topological polar surface area (TPSA) is 134 Å². The van der Waals surface area contributed by atoms with Crippen molar-refractivity contribution >= 4 is 45.6 Å². The lowest BCUT2D eigenvalue weighted by Crippen LogP contribution is -2.42. The maximum atomic E-state index is 13.7.